The SMILES string of the molecule is CCCCN(C(=O)CN1CC(c2ccc3c(c2)OCO3)C(C(=O)O)C1CCn1ccnc1)c1cccc(C[N+](C)(C)C)c1. The monoisotopic (exact) mass is 590 g/mol. The number of carboxylic acid groups (broad SMARTS) is 1. The third kappa shape index (κ3) is 7.37. The van der Waals surface area contributed by atoms with Gasteiger partial charge in [-0.1, -0.05) is 31.5 Å². The van der Waals surface area contributed by atoms with Gasteiger partial charge in [0, 0.05) is 55.2 Å². The van der Waals surface area contributed by atoms with Crippen LogP contribution in [0.2, 0.25) is 0 Å². The molecular formula is C33H44N5O5+. The number of anilines is 1. The predicted molar refractivity (Wildman–Crippen MR) is 164 cm³/mol. The minimum Gasteiger partial charge on any atom is -0.481 e. The predicted octanol–water partition coefficient (Wildman–Crippen LogP) is 4.21. The van der Waals surface area contributed by atoms with Gasteiger partial charge in [-0.25, -0.2) is 4.98 Å². The Morgan fingerprint density at radius 3 is 2.65 bits per heavy atom. The Kier molecular flexibility index (Phi) is 9.37. The van der Waals surface area contributed by atoms with E-state index in [1.54, 1.807) is 12.5 Å². The summed E-state index contributed by atoms with van der Waals surface area (Å²) in [6.07, 6.45) is 7.77. The molecule has 230 valence electrons. The highest BCUT2D eigenvalue weighted by atomic mass is 16.7. The normalized spacial score (nSPS) is 20.0. The summed E-state index contributed by atoms with van der Waals surface area (Å²) in [5.74, 6) is -0.566. The van der Waals surface area contributed by atoms with Crippen molar-refractivity contribution in [3.8, 4) is 11.5 Å². The topological polar surface area (TPSA) is 97.1 Å². The van der Waals surface area contributed by atoms with Gasteiger partial charge in [-0.15, -0.1) is 0 Å². The third-order valence-corrected chi connectivity index (χ3v) is 8.35. The van der Waals surface area contributed by atoms with Crippen LogP contribution in [0.3, 0.4) is 0 Å². The quantitative estimate of drug-likeness (QED) is 0.298. The van der Waals surface area contributed by atoms with Gasteiger partial charge in [0.15, 0.2) is 11.5 Å². The average molecular weight is 591 g/mol. The molecule has 1 fully saturated rings. The fraction of sp³-hybridized carbons (Fsp3) is 0.485. The van der Waals surface area contributed by atoms with Crippen LogP contribution in [-0.2, 0) is 22.7 Å². The van der Waals surface area contributed by atoms with E-state index in [0.717, 1.165) is 35.1 Å². The van der Waals surface area contributed by atoms with Crippen LogP contribution < -0.4 is 14.4 Å². The summed E-state index contributed by atoms with van der Waals surface area (Å²) < 4.78 is 13.8. The first-order valence-corrected chi connectivity index (χ1v) is 15.1. The minimum absolute atomic E-state index is 0.0149. The Morgan fingerprint density at radius 1 is 1.12 bits per heavy atom. The van der Waals surface area contributed by atoms with Gasteiger partial charge in [0.2, 0.25) is 12.7 Å². The van der Waals surface area contributed by atoms with Crippen molar-refractivity contribution in [2.24, 2.45) is 5.92 Å². The number of unbranched alkanes of at least 4 members (excludes halogenated alkanes) is 1. The van der Waals surface area contributed by atoms with Crippen molar-refractivity contribution in [3.05, 3.63) is 72.3 Å². The molecule has 10 nitrogen and oxygen atoms in total. The molecule has 2 aliphatic heterocycles. The zero-order chi connectivity index (χ0) is 30.6. The molecule has 3 aromatic rings. The molecule has 0 saturated carbocycles. The van der Waals surface area contributed by atoms with Gasteiger partial charge < -0.3 is 28.5 Å². The van der Waals surface area contributed by atoms with Crippen LogP contribution in [0.15, 0.2) is 61.2 Å². The molecule has 2 aromatic carbocycles. The molecule has 5 rings (SSSR count). The van der Waals surface area contributed by atoms with Crippen LogP contribution in [0.25, 0.3) is 0 Å². The molecule has 0 radical (unpaired) electrons. The van der Waals surface area contributed by atoms with Gasteiger partial charge in [-0.05, 0) is 42.7 Å². The highest BCUT2D eigenvalue weighted by molar-refractivity contribution is 5.95. The molecule has 1 aromatic heterocycles. The first kappa shape index (κ1) is 30.6. The van der Waals surface area contributed by atoms with Gasteiger partial charge in [0.1, 0.15) is 6.54 Å². The van der Waals surface area contributed by atoms with Crippen molar-refractivity contribution in [1.29, 1.82) is 0 Å². The Hall–Kier alpha value is -3.89. The lowest BCUT2D eigenvalue weighted by Crippen LogP contribution is -2.45. The Balaban J connectivity index is 1.43. The summed E-state index contributed by atoms with van der Waals surface area (Å²) >= 11 is 0. The third-order valence-electron chi connectivity index (χ3n) is 8.35. The number of carbonyl (C=O) groups excluding carboxylic acids is 1. The number of likely N-dealkylation sites (tertiary alicyclic amines) is 1. The van der Waals surface area contributed by atoms with Crippen molar-refractivity contribution < 1.29 is 28.7 Å². The molecular weight excluding hydrogens is 546 g/mol. The highest BCUT2D eigenvalue weighted by Gasteiger charge is 2.47. The summed E-state index contributed by atoms with van der Waals surface area (Å²) in [5.41, 5.74) is 2.95. The maximum atomic E-state index is 14.1. The van der Waals surface area contributed by atoms with Crippen LogP contribution in [0, 0.1) is 5.92 Å². The largest absolute Gasteiger partial charge is 0.481 e. The number of hydrogen-bond donors (Lipinski definition) is 1. The number of aromatic nitrogens is 2. The fourth-order valence-corrected chi connectivity index (χ4v) is 6.38. The molecule has 0 spiro atoms. The number of quaternary nitrogens is 1. The average Bonchev–Trinajstić information content (AvgIpc) is 3.71. The van der Waals surface area contributed by atoms with E-state index in [1.807, 2.05) is 46.0 Å². The molecule has 1 N–H and O–H groups in total. The van der Waals surface area contributed by atoms with E-state index in [1.165, 1.54) is 5.56 Å². The lowest BCUT2D eigenvalue weighted by Gasteiger charge is -2.30. The van der Waals surface area contributed by atoms with Crippen molar-refractivity contribution in [2.45, 2.75) is 51.2 Å². The number of rotatable bonds is 13. The number of fused-ring (bicyclic) bond motifs is 1. The van der Waals surface area contributed by atoms with E-state index < -0.39 is 11.9 Å². The molecule has 43 heavy (non-hydrogen) atoms. The molecule has 3 heterocycles. The zero-order valence-electron chi connectivity index (χ0n) is 25.7. The first-order valence-electron chi connectivity index (χ1n) is 15.1. The highest BCUT2D eigenvalue weighted by Crippen LogP contribution is 2.43. The summed E-state index contributed by atoms with van der Waals surface area (Å²) in [6, 6.07) is 13.6. The Morgan fingerprint density at radius 2 is 1.93 bits per heavy atom. The maximum absolute atomic E-state index is 14.1. The molecule has 0 aliphatic carbocycles. The second-order valence-corrected chi connectivity index (χ2v) is 12.7. The fourth-order valence-electron chi connectivity index (χ4n) is 6.38. The van der Waals surface area contributed by atoms with E-state index in [0.29, 0.717) is 37.6 Å². The van der Waals surface area contributed by atoms with Gasteiger partial charge >= 0.3 is 5.97 Å². The lowest BCUT2D eigenvalue weighted by atomic mass is 9.84. The van der Waals surface area contributed by atoms with Crippen molar-refractivity contribution >= 4 is 17.6 Å². The molecule has 2 aliphatic rings. The summed E-state index contributed by atoms with van der Waals surface area (Å²) in [6.45, 7) is 4.95. The van der Waals surface area contributed by atoms with Gasteiger partial charge in [0.05, 0.1) is 39.9 Å². The Labute approximate surface area is 254 Å². The number of carboxylic acids is 1. The van der Waals surface area contributed by atoms with Crippen molar-refractivity contribution in [1.82, 2.24) is 14.5 Å². The first-order chi connectivity index (χ1) is 20.6. The molecule has 10 heteroatoms. The van der Waals surface area contributed by atoms with Crippen molar-refractivity contribution in [3.63, 3.8) is 0 Å². The van der Waals surface area contributed by atoms with E-state index in [4.69, 9.17) is 9.47 Å². The maximum Gasteiger partial charge on any atom is 0.308 e. The van der Waals surface area contributed by atoms with Gasteiger partial charge in [0.25, 0.3) is 0 Å². The van der Waals surface area contributed by atoms with Crippen LogP contribution in [0.1, 0.15) is 43.2 Å². The number of benzene rings is 2. The van der Waals surface area contributed by atoms with Crippen LogP contribution in [0.4, 0.5) is 5.69 Å². The minimum atomic E-state index is -0.857. The number of aliphatic carboxylic acids is 1. The summed E-state index contributed by atoms with van der Waals surface area (Å²) in [4.78, 5) is 35.1. The molecule has 1 amide bonds. The summed E-state index contributed by atoms with van der Waals surface area (Å²) in [5, 5.41) is 10.5. The van der Waals surface area contributed by atoms with E-state index in [-0.39, 0.29) is 31.2 Å². The van der Waals surface area contributed by atoms with Crippen LogP contribution in [0.5, 0.6) is 11.5 Å². The Bertz CT molecular complexity index is 1400. The number of ether oxygens (including phenoxy) is 2. The van der Waals surface area contributed by atoms with Crippen LogP contribution in [-0.4, -0.2) is 89.5 Å². The number of hydrogen-bond acceptors (Lipinski definition) is 6. The van der Waals surface area contributed by atoms with Crippen molar-refractivity contribution in [2.75, 3.05) is 52.5 Å². The van der Waals surface area contributed by atoms with Gasteiger partial charge in [-0.2, -0.15) is 0 Å². The molecule has 0 bridgehead atoms. The zero-order valence-corrected chi connectivity index (χ0v) is 25.7. The van der Waals surface area contributed by atoms with E-state index >= 15 is 0 Å². The summed E-state index contributed by atoms with van der Waals surface area (Å²) in [7, 11) is 6.46. The van der Waals surface area contributed by atoms with Gasteiger partial charge in [-0.3, -0.25) is 14.5 Å². The number of carbonyl (C=O) groups is 2. The number of imidazole rings is 1. The smallest absolute Gasteiger partial charge is 0.308 e. The number of amides is 1. The molecule has 3 atom stereocenters. The standard InChI is InChI=1S/C33H43N5O5/c1-5-6-14-37(26-9-7-8-24(17-26)21-38(2,3)4)31(39)20-36-19-27(25-10-11-29-30(18-25)43-23-42-29)32(33(40)41)28(36)12-15-35-16-13-34-22-35/h7-11,13,16-18,22,27-28,32H,5-6,12,14-15,19-21,23H2,1-4H3/p+1. The number of nitrogens with zero attached hydrogens (tertiary/aromatic N) is 5. The van der Waals surface area contributed by atoms with Crippen LogP contribution >= 0.6 is 0 Å². The second-order valence-electron chi connectivity index (χ2n) is 12.7. The molecule has 3 unspecified atom stereocenters. The number of aryl methyl sites for hydroxylation is 1. The van der Waals surface area contributed by atoms with E-state index in [9.17, 15) is 14.7 Å². The van der Waals surface area contributed by atoms with E-state index in [2.05, 4.69) is 50.1 Å². The second kappa shape index (κ2) is 13.2. The lowest BCUT2D eigenvalue weighted by molar-refractivity contribution is -0.884. The molecule has 1 saturated heterocycles.